The first-order chi connectivity index (χ1) is 12.3. The zero-order chi connectivity index (χ0) is 18.8. The number of urea groups is 1. The standard InChI is InChI=1S/C17H18N4O5/c1-18-14(22)17(15(23)19(2)16(18)24)9-10-8-11(21(25)26)5-6-12(10)20-7-3-4-13(17)20/h5-6,8,13H,3-4,7,9H2,1-2H3/t13-/m1/s1. The summed E-state index contributed by atoms with van der Waals surface area (Å²) in [6.07, 6.45) is 1.53. The normalized spacial score (nSPS) is 24.2. The van der Waals surface area contributed by atoms with Crippen LogP contribution in [0, 0.1) is 15.5 Å². The molecular weight excluding hydrogens is 340 g/mol. The van der Waals surface area contributed by atoms with Crippen LogP contribution >= 0.6 is 0 Å². The molecule has 3 aliphatic heterocycles. The van der Waals surface area contributed by atoms with Gasteiger partial charge in [0.1, 0.15) is 0 Å². The fraction of sp³-hybridized carbons (Fsp3) is 0.471. The largest absolute Gasteiger partial charge is 0.367 e. The number of nitrogens with zero attached hydrogens (tertiary/aromatic N) is 4. The van der Waals surface area contributed by atoms with E-state index in [2.05, 4.69) is 0 Å². The fourth-order valence-corrected chi connectivity index (χ4v) is 4.62. The molecule has 0 unspecified atom stereocenters. The Kier molecular flexibility index (Phi) is 3.34. The van der Waals surface area contributed by atoms with Gasteiger partial charge in [0.15, 0.2) is 5.41 Å². The summed E-state index contributed by atoms with van der Waals surface area (Å²) in [5.41, 5.74) is -0.0809. The summed E-state index contributed by atoms with van der Waals surface area (Å²) >= 11 is 0. The molecule has 3 heterocycles. The number of fused-ring (bicyclic) bond motifs is 4. The van der Waals surface area contributed by atoms with Crippen molar-refractivity contribution in [1.82, 2.24) is 9.80 Å². The number of hydrogen-bond donors (Lipinski definition) is 0. The van der Waals surface area contributed by atoms with Gasteiger partial charge >= 0.3 is 6.03 Å². The van der Waals surface area contributed by atoms with E-state index in [0.717, 1.165) is 21.9 Å². The second-order valence-electron chi connectivity index (χ2n) is 7.08. The maximum atomic E-state index is 13.1. The van der Waals surface area contributed by atoms with Crippen molar-refractivity contribution >= 4 is 29.2 Å². The summed E-state index contributed by atoms with van der Waals surface area (Å²) < 4.78 is 0. The average Bonchev–Trinajstić information content (AvgIpc) is 3.13. The zero-order valence-corrected chi connectivity index (χ0v) is 14.5. The summed E-state index contributed by atoms with van der Waals surface area (Å²) in [5.74, 6) is -1.06. The molecule has 0 aliphatic carbocycles. The highest BCUT2D eigenvalue weighted by Gasteiger charge is 2.63. The van der Waals surface area contributed by atoms with Crippen LogP contribution in [0.3, 0.4) is 0 Å². The van der Waals surface area contributed by atoms with Crippen LogP contribution in [0.25, 0.3) is 0 Å². The van der Waals surface area contributed by atoms with E-state index in [0.29, 0.717) is 18.5 Å². The third kappa shape index (κ3) is 1.88. The fourth-order valence-electron chi connectivity index (χ4n) is 4.62. The molecule has 26 heavy (non-hydrogen) atoms. The molecule has 0 N–H and O–H groups in total. The smallest absolute Gasteiger partial charge is 0.332 e. The van der Waals surface area contributed by atoms with Gasteiger partial charge in [-0.25, -0.2) is 4.79 Å². The summed E-state index contributed by atoms with van der Waals surface area (Å²) in [6, 6.07) is 3.56. The minimum atomic E-state index is -1.42. The molecule has 0 saturated carbocycles. The van der Waals surface area contributed by atoms with Gasteiger partial charge < -0.3 is 4.90 Å². The van der Waals surface area contributed by atoms with E-state index in [4.69, 9.17) is 0 Å². The van der Waals surface area contributed by atoms with Crippen molar-refractivity contribution in [2.24, 2.45) is 5.41 Å². The Morgan fingerprint density at radius 2 is 1.81 bits per heavy atom. The molecule has 136 valence electrons. The third-order valence-electron chi connectivity index (χ3n) is 5.82. The number of barbiturate groups is 1. The molecule has 9 nitrogen and oxygen atoms in total. The van der Waals surface area contributed by atoms with Crippen LogP contribution in [0.15, 0.2) is 18.2 Å². The first-order valence-electron chi connectivity index (χ1n) is 8.43. The summed E-state index contributed by atoms with van der Waals surface area (Å²) in [6.45, 7) is 0.666. The van der Waals surface area contributed by atoms with E-state index in [1.165, 1.54) is 26.2 Å². The number of nitro groups is 1. The number of hydrogen-bond acceptors (Lipinski definition) is 6. The molecule has 9 heteroatoms. The van der Waals surface area contributed by atoms with Crippen LogP contribution in [-0.4, -0.2) is 59.3 Å². The summed E-state index contributed by atoms with van der Waals surface area (Å²) in [5, 5.41) is 11.2. The van der Waals surface area contributed by atoms with Crippen molar-refractivity contribution in [3.63, 3.8) is 0 Å². The minimum absolute atomic E-state index is 0.0603. The van der Waals surface area contributed by atoms with E-state index in [1.807, 2.05) is 4.90 Å². The molecule has 4 amide bonds. The van der Waals surface area contributed by atoms with Crippen molar-refractivity contribution in [2.75, 3.05) is 25.5 Å². The summed E-state index contributed by atoms with van der Waals surface area (Å²) in [4.78, 5) is 53.1. The van der Waals surface area contributed by atoms with Gasteiger partial charge in [0.05, 0.1) is 11.0 Å². The van der Waals surface area contributed by atoms with E-state index in [-0.39, 0.29) is 18.2 Å². The number of nitro benzene ring substituents is 1. The van der Waals surface area contributed by atoms with Crippen molar-refractivity contribution in [2.45, 2.75) is 25.3 Å². The highest BCUT2D eigenvalue weighted by atomic mass is 16.6. The Balaban J connectivity index is 1.91. The second-order valence-corrected chi connectivity index (χ2v) is 7.08. The van der Waals surface area contributed by atoms with Crippen molar-refractivity contribution in [3.8, 4) is 0 Å². The number of carbonyl (C=O) groups is 3. The molecule has 1 aromatic carbocycles. The first-order valence-corrected chi connectivity index (χ1v) is 8.43. The van der Waals surface area contributed by atoms with Crippen molar-refractivity contribution < 1.29 is 19.3 Å². The van der Waals surface area contributed by atoms with E-state index in [1.54, 1.807) is 6.07 Å². The van der Waals surface area contributed by atoms with E-state index >= 15 is 0 Å². The number of carbonyl (C=O) groups excluding carboxylic acids is 3. The quantitative estimate of drug-likeness (QED) is 0.424. The number of benzene rings is 1. The third-order valence-corrected chi connectivity index (χ3v) is 5.82. The lowest BCUT2D eigenvalue weighted by Gasteiger charge is -2.50. The van der Waals surface area contributed by atoms with Crippen LogP contribution in [0.5, 0.6) is 0 Å². The molecule has 2 saturated heterocycles. The molecule has 0 bridgehead atoms. The molecule has 3 aliphatic rings. The minimum Gasteiger partial charge on any atom is -0.367 e. The topological polar surface area (TPSA) is 104 Å². The molecule has 0 aromatic heterocycles. The number of non-ortho nitro benzene ring substituents is 1. The Morgan fingerprint density at radius 3 is 2.42 bits per heavy atom. The molecule has 1 spiro atoms. The average molecular weight is 358 g/mol. The lowest BCUT2D eigenvalue weighted by Crippen LogP contribution is -2.70. The number of imide groups is 2. The van der Waals surface area contributed by atoms with Crippen LogP contribution in [0.1, 0.15) is 18.4 Å². The highest BCUT2D eigenvalue weighted by molar-refractivity contribution is 6.20. The number of rotatable bonds is 1. The van der Waals surface area contributed by atoms with Crippen molar-refractivity contribution in [1.29, 1.82) is 0 Å². The van der Waals surface area contributed by atoms with Gasteiger partial charge in [0, 0.05) is 44.9 Å². The van der Waals surface area contributed by atoms with Gasteiger partial charge in [0.2, 0.25) is 11.8 Å². The Hall–Kier alpha value is -2.97. The van der Waals surface area contributed by atoms with Crippen LogP contribution < -0.4 is 4.90 Å². The lowest BCUT2D eigenvalue weighted by atomic mass is 9.68. The molecular formula is C17H18N4O5. The van der Waals surface area contributed by atoms with Gasteiger partial charge in [-0.05, 0) is 24.5 Å². The van der Waals surface area contributed by atoms with Gasteiger partial charge in [-0.15, -0.1) is 0 Å². The summed E-state index contributed by atoms with van der Waals surface area (Å²) in [7, 11) is 2.75. The molecule has 1 aromatic rings. The van der Waals surface area contributed by atoms with Gasteiger partial charge in [0.25, 0.3) is 5.69 Å². The van der Waals surface area contributed by atoms with Crippen LogP contribution in [-0.2, 0) is 16.0 Å². The van der Waals surface area contributed by atoms with Gasteiger partial charge in [-0.3, -0.25) is 29.5 Å². The van der Waals surface area contributed by atoms with Crippen LogP contribution in [0.2, 0.25) is 0 Å². The zero-order valence-electron chi connectivity index (χ0n) is 14.5. The maximum Gasteiger partial charge on any atom is 0.332 e. The number of amides is 4. The maximum absolute atomic E-state index is 13.1. The predicted octanol–water partition coefficient (Wildman–Crippen LogP) is 1.16. The Bertz CT molecular complexity index is 843. The van der Waals surface area contributed by atoms with Gasteiger partial charge in [-0.1, -0.05) is 0 Å². The molecule has 2 fully saturated rings. The van der Waals surface area contributed by atoms with Gasteiger partial charge in [-0.2, -0.15) is 0 Å². The van der Waals surface area contributed by atoms with Crippen molar-refractivity contribution in [3.05, 3.63) is 33.9 Å². The highest BCUT2D eigenvalue weighted by Crippen LogP contribution is 2.49. The SMILES string of the molecule is CN1C(=O)N(C)C(=O)C2(Cc3cc([N+](=O)[O-])ccc3N3CCC[C@@H]32)C1=O. The predicted molar refractivity (Wildman–Crippen MR) is 90.5 cm³/mol. The second kappa shape index (κ2) is 5.26. The molecule has 1 atom stereocenters. The monoisotopic (exact) mass is 358 g/mol. The van der Waals surface area contributed by atoms with E-state index < -0.39 is 28.2 Å². The molecule has 0 radical (unpaired) electrons. The molecule has 4 rings (SSSR count). The number of anilines is 1. The Morgan fingerprint density at radius 1 is 1.15 bits per heavy atom. The Labute approximate surface area is 149 Å². The van der Waals surface area contributed by atoms with E-state index in [9.17, 15) is 24.5 Å². The first kappa shape index (κ1) is 16.5. The lowest BCUT2D eigenvalue weighted by molar-refractivity contribution is -0.384. The van der Waals surface area contributed by atoms with Crippen LogP contribution in [0.4, 0.5) is 16.2 Å².